The molecular weight excluding hydrogens is 1070 g/mol. The van der Waals surface area contributed by atoms with Crippen LogP contribution in [0.4, 0.5) is 33.0 Å². The maximum absolute atomic E-state index is 10.9. The van der Waals surface area contributed by atoms with Gasteiger partial charge in [0.25, 0.3) is 0 Å². The molecule has 5 aromatic rings. The number of ketones is 2. The Balaban J connectivity index is -0.000000129. The van der Waals surface area contributed by atoms with Crippen LogP contribution in [0.3, 0.4) is 0 Å². The van der Waals surface area contributed by atoms with Gasteiger partial charge in [0.15, 0.2) is 11.6 Å². The third kappa shape index (κ3) is 26.7. The number of hydrazine groups is 2. The van der Waals surface area contributed by atoms with Crippen molar-refractivity contribution in [1.29, 1.82) is 0 Å². The zero-order valence-corrected chi connectivity index (χ0v) is 41.2. The van der Waals surface area contributed by atoms with E-state index in [0.717, 1.165) is 70.2 Å². The number of nitrogens with one attached hydrogen (secondary N) is 1. The number of carbonyl (C=O) groups is 2. The second-order valence-corrected chi connectivity index (χ2v) is 13.2. The van der Waals surface area contributed by atoms with Gasteiger partial charge in [0.05, 0.1) is 36.3 Å². The van der Waals surface area contributed by atoms with Gasteiger partial charge in [0.1, 0.15) is 28.6 Å². The largest absolute Gasteiger partial charge is 0.506 e. The summed E-state index contributed by atoms with van der Waals surface area (Å²) >= 11 is 1.51. The summed E-state index contributed by atoms with van der Waals surface area (Å²) in [5.74, 6) is 15.5. The standard InChI is InChI=1S/C17H17N5.2C9H6N4O4S.2CH4.Co.2H4N2.2H3N.3H2O.2H2S/c1-21-12-13-22(2)17(21)20-19-16-10-8-15(9-11-16)18-14-6-4-3-5-7-14;2*14-5-1-2-6(7(15)3-5)11-12-9-10-4-8(18-9)13(16)17;;;;2*1-2;;;;;;;/h3-13H,1-2H3;2*1-4H,(H2,10,12,14,15);2*1H4;;2*1-2H2;2*1H3;5*1H2/p-1. The predicted octanol–water partition coefficient (Wildman–Crippen LogP) is 1.89. The first-order chi connectivity index (χ1) is 29.8. The SMILES string of the molecule is C.C.Cn1cc[n+](C)c1N=Nc1ccc(Nc2ccccc2)cc1.N.N.NN.NN.O.O.O.O=C1C=CC(=NN=c2[n-]cc([N+](=O)[O-])s2)C(O)=C1.O=C1C=CC(=NN=c2[n-]cc([N+](=O)[O-])s2)C(O)=C1.S.S.[Co]. The molecule has 2 aliphatic carbocycles. The van der Waals surface area contributed by atoms with Crippen molar-refractivity contribution in [1.82, 2.24) is 26.8 Å². The van der Waals surface area contributed by atoms with Gasteiger partial charge < -0.3 is 64.4 Å². The number of anilines is 2. The van der Waals surface area contributed by atoms with Gasteiger partial charge in [-0.15, -0.1) is 0 Å². The van der Waals surface area contributed by atoms with Crippen LogP contribution in [-0.4, -0.2) is 64.0 Å². The van der Waals surface area contributed by atoms with E-state index in [1.165, 1.54) is 24.3 Å². The van der Waals surface area contributed by atoms with Crippen molar-refractivity contribution in [3.8, 4) is 0 Å². The number of hydrogen-bond acceptors (Lipinski definition) is 23. The average Bonchev–Trinajstić information content (AvgIpc) is 4.03. The van der Waals surface area contributed by atoms with Crippen LogP contribution in [0, 0.1) is 20.2 Å². The molecule has 0 aliphatic heterocycles. The molecule has 0 spiro atoms. The van der Waals surface area contributed by atoms with Gasteiger partial charge >= 0.3 is 16.0 Å². The number of carbonyl (C=O) groups excluding carboxylic acids is 2. The van der Waals surface area contributed by atoms with E-state index in [0.29, 0.717) is 0 Å². The van der Waals surface area contributed by atoms with Gasteiger partial charge in [-0.2, -0.15) is 27.0 Å². The number of allylic oxidation sites excluding steroid dienone is 6. The van der Waals surface area contributed by atoms with E-state index in [1.54, 1.807) is 0 Å². The van der Waals surface area contributed by atoms with Crippen LogP contribution < -0.4 is 65.1 Å². The normalized spacial score (nSPS) is 12.6. The van der Waals surface area contributed by atoms with Gasteiger partial charge in [0.2, 0.25) is 0 Å². The number of aliphatic hydroxyl groups excluding tert-OH is 2. The molecule has 0 fully saturated rings. The fraction of sp³-hybridized carbons (Fsp3) is 0.108. The van der Waals surface area contributed by atoms with Crippen molar-refractivity contribution in [2.45, 2.75) is 14.9 Å². The van der Waals surface area contributed by atoms with Crippen LogP contribution in [0.2, 0.25) is 0 Å². The molecule has 3 heterocycles. The number of imidazole rings is 1. The smallest absolute Gasteiger partial charge is 0.421 e. The predicted molar refractivity (Wildman–Crippen MR) is 283 cm³/mol. The molecule has 3 aromatic heterocycles. The van der Waals surface area contributed by atoms with Crippen LogP contribution in [-0.2, 0) is 40.5 Å². The molecule has 30 nitrogen and oxygen atoms in total. The Labute approximate surface area is 443 Å². The zero-order valence-electron chi connectivity index (χ0n) is 36.6. The molecule has 35 heteroatoms. The number of para-hydroxylation sites is 1. The minimum Gasteiger partial charge on any atom is -0.506 e. The Bertz CT molecular complexity index is 2600. The average molecular weight is 1130 g/mol. The number of nitrogens with zero attached hydrogens (tertiary/aromatic N) is 12. The number of hydrogen-bond donors (Lipinski definition) is 9. The summed E-state index contributed by atoms with van der Waals surface area (Å²) in [5, 5.41) is 65.8. The molecule has 0 unspecified atom stereocenters. The van der Waals surface area contributed by atoms with Crippen molar-refractivity contribution < 1.29 is 67.4 Å². The Morgan fingerprint density at radius 1 is 0.681 bits per heavy atom. The number of azo groups is 1. The number of benzene rings is 2. The van der Waals surface area contributed by atoms with Crippen molar-refractivity contribution in [2.24, 2.45) is 68.1 Å². The molecule has 403 valence electrons. The van der Waals surface area contributed by atoms with Crippen molar-refractivity contribution in [3.63, 3.8) is 0 Å². The van der Waals surface area contributed by atoms with E-state index in [9.17, 15) is 40.0 Å². The third-order valence-electron chi connectivity index (χ3n) is 7.03. The first kappa shape index (κ1) is 81.8. The summed E-state index contributed by atoms with van der Waals surface area (Å²) in [6, 6.07) is 17.9. The van der Waals surface area contributed by atoms with Crippen LogP contribution >= 0.6 is 49.7 Å². The molecule has 23 N–H and O–H groups in total. The van der Waals surface area contributed by atoms with Crippen molar-refractivity contribution in [2.75, 3.05) is 5.32 Å². The molecule has 0 saturated carbocycles. The first-order valence-electron chi connectivity index (χ1n) is 16.9. The maximum Gasteiger partial charge on any atom is 0.421 e. The van der Waals surface area contributed by atoms with Crippen LogP contribution in [0.25, 0.3) is 0 Å². The van der Waals surface area contributed by atoms with E-state index >= 15 is 0 Å². The monoisotopic (exact) mass is 1130 g/mol. The molecule has 0 amide bonds. The summed E-state index contributed by atoms with van der Waals surface area (Å²) in [5.41, 5.74) is 3.09. The molecule has 0 bridgehead atoms. The fourth-order valence-electron chi connectivity index (χ4n) is 4.27. The number of aromatic nitrogens is 4. The molecule has 2 aromatic carbocycles. The third-order valence-corrected chi connectivity index (χ3v) is 8.70. The van der Waals surface area contributed by atoms with E-state index in [1.807, 2.05) is 90.2 Å². The summed E-state index contributed by atoms with van der Waals surface area (Å²) in [6.45, 7) is 0. The van der Waals surface area contributed by atoms with Crippen molar-refractivity contribution >= 4 is 106 Å². The second-order valence-electron chi connectivity index (χ2n) is 11.2. The minimum atomic E-state index is -0.583. The number of aliphatic hydroxyl groups is 2. The fourth-order valence-corrected chi connectivity index (χ4v) is 5.38. The number of aryl methyl sites for hydroxylation is 2. The van der Waals surface area contributed by atoms with E-state index in [-0.39, 0.29) is 141 Å². The first-order valence-corrected chi connectivity index (χ1v) is 18.5. The second kappa shape index (κ2) is 42.7. The number of thiazole rings is 2. The summed E-state index contributed by atoms with van der Waals surface area (Å²) in [7, 11) is 3.89. The molecule has 1 radical (unpaired) electrons. The molecule has 0 saturated heterocycles. The van der Waals surface area contributed by atoms with Gasteiger partial charge in [-0.05, 0) is 60.7 Å². The van der Waals surface area contributed by atoms with Crippen LogP contribution in [0.5, 0.6) is 0 Å². The van der Waals surface area contributed by atoms with Gasteiger partial charge in [0, 0.05) is 67.4 Å². The minimum absolute atomic E-state index is 0. The Hall–Kier alpha value is -7.20. The van der Waals surface area contributed by atoms with Crippen LogP contribution in [0.15, 0.2) is 158 Å². The molecule has 2 aliphatic rings. The van der Waals surface area contributed by atoms with E-state index in [2.05, 4.69) is 69.3 Å². The summed E-state index contributed by atoms with van der Waals surface area (Å²) < 4.78 is 3.85. The molecule has 72 heavy (non-hydrogen) atoms. The molecular formula is C37H60CoN19O11S4-. The van der Waals surface area contributed by atoms with E-state index < -0.39 is 9.85 Å². The van der Waals surface area contributed by atoms with Crippen LogP contribution in [0.1, 0.15) is 14.9 Å². The van der Waals surface area contributed by atoms with Crippen molar-refractivity contribution in [3.05, 3.63) is 157 Å². The topological polar surface area (TPSA) is 553 Å². The quantitative estimate of drug-likeness (QED) is 0.0267. The molecule has 7 rings (SSSR count). The Morgan fingerprint density at radius 2 is 1.08 bits per heavy atom. The summed E-state index contributed by atoms with van der Waals surface area (Å²) in [4.78, 5) is 48.9. The van der Waals surface area contributed by atoms with Gasteiger partial charge in [-0.1, -0.05) is 60.8 Å². The molecule has 0 atom stereocenters. The number of rotatable bonds is 8. The van der Waals surface area contributed by atoms with Gasteiger partial charge in [-0.25, -0.2) is 9.13 Å². The van der Waals surface area contributed by atoms with Gasteiger partial charge in [-0.3, -0.25) is 63.4 Å². The Morgan fingerprint density at radius 3 is 1.43 bits per heavy atom. The zero-order chi connectivity index (χ0) is 45.6. The maximum atomic E-state index is 10.9. The Kier molecular flexibility index (Phi) is 48.4. The number of nitrogens with two attached hydrogens (primary N) is 4. The van der Waals surface area contributed by atoms with E-state index in [4.69, 9.17) is 0 Å². The number of nitro groups is 2. The summed E-state index contributed by atoms with van der Waals surface area (Å²) in [6.07, 6.45) is 13.1.